The van der Waals surface area contributed by atoms with Crippen LogP contribution in [-0.2, 0) is 6.67 Å². The first kappa shape index (κ1) is 9.76. The van der Waals surface area contributed by atoms with Crippen molar-refractivity contribution in [3.63, 3.8) is 0 Å². The molecule has 5 heteroatoms. The highest BCUT2D eigenvalue weighted by Crippen LogP contribution is 2.18. The van der Waals surface area contributed by atoms with Gasteiger partial charge in [-0.15, -0.1) is 0 Å². The molecule has 0 bridgehead atoms. The smallest absolute Gasteiger partial charge is 0.193 e. The van der Waals surface area contributed by atoms with E-state index in [0.29, 0.717) is 6.07 Å². The first-order valence-electron chi connectivity index (χ1n) is 4.09. The third-order valence-electron chi connectivity index (χ3n) is 1.93. The minimum atomic E-state index is -1.02. The van der Waals surface area contributed by atoms with Gasteiger partial charge in [0.15, 0.2) is 16.8 Å². The summed E-state index contributed by atoms with van der Waals surface area (Å²) in [6, 6.07) is 2.31. The molecule has 0 amide bonds. The number of fused-ring (bicyclic) bond motifs is 1. The van der Waals surface area contributed by atoms with Crippen molar-refractivity contribution in [2.75, 3.05) is 0 Å². The number of hydrogen-bond acceptors (Lipinski definition) is 2. The van der Waals surface area contributed by atoms with Crippen LogP contribution in [0.25, 0.3) is 11.0 Å². The number of alkyl halides is 1. The van der Waals surface area contributed by atoms with E-state index in [1.54, 1.807) is 0 Å². The van der Waals surface area contributed by atoms with E-state index in [9.17, 15) is 18.0 Å². The Bertz CT molecular complexity index is 575. The highest BCUT2D eigenvalue weighted by atomic mass is 19.1. The van der Waals surface area contributed by atoms with E-state index in [4.69, 9.17) is 4.42 Å². The first-order valence-corrected chi connectivity index (χ1v) is 4.09. The molecule has 2 nitrogen and oxygen atoms in total. The Balaban J connectivity index is 2.91. The predicted molar refractivity (Wildman–Crippen MR) is 47.2 cm³/mol. The third kappa shape index (κ3) is 1.60. The fraction of sp³-hybridized carbons (Fsp3) is 0.100. The standard InChI is InChI=1S/C10H5F3O2/c11-4-6-3-9(14)7-1-5(12)2-8(13)10(7)15-6/h1-3H,4H2. The lowest BCUT2D eigenvalue weighted by atomic mass is 10.2. The van der Waals surface area contributed by atoms with Crippen molar-refractivity contribution in [2.24, 2.45) is 0 Å². The van der Waals surface area contributed by atoms with Gasteiger partial charge in [-0.2, -0.15) is 0 Å². The Labute approximate surface area is 81.9 Å². The summed E-state index contributed by atoms with van der Waals surface area (Å²) >= 11 is 0. The lowest BCUT2D eigenvalue weighted by Crippen LogP contribution is -2.03. The maximum absolute atomic E-state index is 13.1. The highest BCUT2D eigenvalue weighted by molar-refractivity contribution is 5.76. The molecule has 1 aromatic carbocycles. The summed E-state index contributed by atoms with van der Waals surface area (Å²) in [5.41, 5.74) is -1.08. The summed E-state index contributed by atoms with van der Waals surface area (Å²) < 4.78 is 42.9. The zero-order valence-corrected chi connectivity index (χ0v) is 7.39. The van der Waals surface area contributed by atoms with Crippen LogP contribution in [0.15, 0.2) is 27.4 Å². The summed E-state index contributed by atoms with van der Waals surface area (Å²) in [6.07, 6.45) is 0. The third-order valence-corrected chi connectivity index (χ3v) is 1.93. The average molecular weight is 214 g/mol. The lowest BCUT2D eigenvalue weighted by molar-refractivity contribution is 0.395. The zero-order valence-electron chi connectivity index (χ0n) is 7.39. The van der Waals surface area contributed by atoms with Crippen LogP contribution in [0.1, 0.15) is 5.76 Å². The molecule has 1 heterocycles. The molecular weight excluding hydrogens is 209 g/mol. The molecule has 0 saturated heterocycles. The van der Waals surface area contributed by atoms with Crippen molar-refractivity contribution in [1.82, 2.24) is 0 Å². The Kier molecular flexibility index (Phi) is 2.22. The second kappa shape index (κ2) is 3.42. The Morgan fingerprint density at radius 2 is 1.93 bits per heavy atom. The number of halogens is 3. The highest BCUT2D eigenvalue weighted by Gasteiger charge is 2.11. The number of benzene rings is 1. The second-order valence-corrected chi connectivity index (χ2v) is 2.97. The molecule has 0 N–H and O–H groups in total. The Hall–Kier alpha value is -1.78. The molecule has 0 aliphatic heterocycles. The van der Waals surface area contributed by atoms with Crippen molar-refractivity contribution in [3.8, 4) is 0 Å². The predicted octanol–water partition coefficient (Wildman–Crippen LogP) is 2.54. The lowest BCUT2D eigenvalue weighted by Gasteiger charge is -2.00. The normalized spacial score (nSPS) is 10.9. The van der Waals surface area contributed by atoms with Crippen molar-refractivity contribution >= 4 is 11.0 Å². The minimum Gasteiger partial charge on any atom is -0.455 e. The topological polar surface area (TPSA) is 30.2 Å². The average Bonchev–Trinajstić information content (AvgIpc) is 2.19. The van der Waals surface area contributed by atoms with Gasteiger partial charge in [-0.1, -0.05) is 0 Å². The van der Waals surface area contributed by atoms with Crippen LogP contribution in [0.5, 0.6) is 0 Å². The molecule has 0 aliphatic carbocycles. The minimum absolute atomic E-state index is 0.232. The summed E-state index contributed by atoms with van der Waals surface area (Å²) in [4.78, 5) is 11.3. The first-order chi connectivity index (χ1) is 7.11. The summed E-state index contributed by atoms with van der Waals surface area (Å²) in [7, 11) is 0. The fourth-order valence-corrected chi connectivity index (χ4v) is 1.30. The molecule has 15 heavy (non-hydrogen) atoms. The molecular formula is C10H5F3O2. The fourth-order valence-electron chi connectivity index (χ4n) is 1.30. The van der Waals surface area contributed by atoms with E-state index >= 15 is 0 Å². The van der Waals surface area contributed by atoms with E-state index in [2.05, 4.69) is 0 Å². The van der Waals surface area contributed by atoms with Crippen molar-refractivity contribution in [3.05, 3.63) is 45.8 Å². The van der Waals surface area contributed by atoms with Crippen LogP contribution in [0, 0.1) is 11.6 Å². The van der Waals surface area contributed by atoms with Gasteiger partial charge in [0, 0.05) is 12.1 Å². The van der Waals surface area contributed by atoms with Gasteiger partial charge >= 0.3 is 0 Å². The maximum Gasteiger partial charge on any atom is 0.193 e. The largest absolute Gasteiger partial charge is 0.455 e. The SMILES string of the molecule is O=c1cc(CF)oc2c(F)cc(F)cc12. The second-order valence-electron chi connectivity index (χ2n) is 2.97. The molecule has 0 aliphatic rings. The van der Waals surface area contributed by atoms with Crippen LogP contribution in [-0.4, -0.2) is 0 Å². The summed E-state index contributed by atoms with van der Waals surface area (Å²) in [5.74, 6) is -2.17. The van der Waals surface area contributed by atoms with E-state index in [0.717, 1.165) is 12.1 Å². The van der Waals surface area contributed by atoms with Gasteiger partial charge in [-0.05, 0) is 6.07 Å². The molecule has 2 rings (SSSR count). The molecule has 0 atom stereocenters. The maximum atomic E-state index is 13.1. The van der Waals surface area contributed by atoms with Crippen LogP contribution >= 0.6 is 0 Å². The molecule has 0 saturated carbocycles. The Morgan fingerprint density at radius 3 is 2.60 bits per heavy atom. The van der Waals surface area contributed by atoms with E-state index in [1.165, 1.54) is 0 Å². The van der Waals surface area contributed by atoms with Crippen LogP contribution in [0.3, 0.4) is 0 Å². The molecule has 0 fully saturated rings. The van der Waals surface area contributed by atoms with Crippen LogP contribution < -0.4 is 5.43 Å². The van der Waals surface area contributed by atoms with Gasteiger partial charge in [0.25, 0.3) is 0 Å². The van der Waals surface area contributed by atoms with Crippen molar-refractivity contribution in [2.45, 2.75) is 6.67 Å². The van der Waals surface area contributed by atoms with E-state index < -0.39 is 29.3 Å². The quantitative estimate of drug-likeness (QED) is 0.730. The zero-order chi connectivity index (χ0) is 11.0. The summed E-state index contributed by atoms with van der Waals surface area (Å²) in [5, 5.41) is -0.232. The van der Waals surface area contributed by atoms with E-state index in [1.807, 2.05) is 0 Å². The van der Waals surface area contributed by atoms with Crippen LogP contribution in [0.2, 0.25) is 0 Å². The number of rotatable bonds is 1. The van der Waals surface area contributed by atoms with Gasteiger partial charge in [0.2, 0.25) is 0 Å². The molecule has 0 radical (unpaired) electrons. The molecule has 2 aromatic rings. The van der Waals surface area contributed by atoms with Crippen molar-refractivity contribution in [1.29, 1.82) is 0 Å². The molecule has 78 valence electrons. The van der Waals surface area contributed by atoms with Gasteiger partial charge in [-0.3, -0.25) is 4.79 Å². The van der Waals surface area contributed by atoms with Gasteiger partial charge in [0.05, 0.1) is 5.39 Å². The van der Waals surface area contributed by atoms with Crippen molar-refractivity contribution < 1.29 is 17.6 Å². The van der Waals surface area contributed by atoms with Crippen LogP contribution in [0.4, 0.5) is 13.2 Å². The van der Waals surface area contributed by atoms with E-state index in [-0.39, 0.29) is 11.1 Å². The summed E-state index contributed by atoms with van der Waals surface area (Å²) in [6.45, 7) is -1.01. The number of hydrogen-bond donors (Lipinski definition) is 0. The van der Waals surface area contributed by atoms with Gasteiger partial charge in [-0.25, -0.2) is 13.2 Å². The monoisotopic (exact) mass is 214 g/mol. The van der Waals surface area contributed by atoms with Gasteiger partial charge in [0.1, 0.15) is 18.3 Å². The molecule has 1 aromatic heterocycles. The Morgan fingerprint density at radius 1 is 1.20 bits per heavy atom. The van der Waals surface area contributed by atoms with Gasteiger partial charge < -0.3 is 4.42 Å². The molecule has 0 spiro atoms. The molecule has 0 unspecified atom stereocenters.